The Balaban J connectivity index is 2.71. The van der Waals surface area contributed by atoms with E-state index in [0.29, 0.717) is 6.54 Å². The maximum absolute atomic E-state index is 11.2. The lowest BCUT2D eigenvalue weighted by molar-refractivity contribution is 0.678. The standard InChI is InChI=1S/C10H18N4OS/c1-7(16(4)15)5-12-10-8(2)9(11-3)13-6-14-10/h6-7H,5H2,1-4H3,(H2,11,12,13,14). The molecule has 0 saturated carbocycles. The second kappa shape index (κ2) is 5.79. The van der Waals surface area contributed by atoms with Crippen LogP contribution < -0.4 is 10.6 Å². The van der Waals surface area contributed by atoms with Crippen LogP contribution in [0.1, 0.15) is 12.5 Å². The van der Waals surface area contributed by atoms with Gasteiger partial charge in [0.1, 0.15) is 18.0 Å². The zero-order valence-corrected chi connectivity index (χ0v) is 10.9. The highest BCUT2D eigenvalue weighted by molar-refractivity contribution is 7.84. The molecule has 1 heterocycles. The molecule has 5 nitrogen and oxygen atoms in total. The first-order valence-electron chi connectivity index (χ1n) is 5.11. The molecule has 0 aliphatic carbocycles. The van der Waals surface area contributed by atoms with Crippen molar-refractivity contribution in [2.75, 3.05) is 30.5 Å². The maximum atomic E-state index is 11.2. The van der Waals surface area contributed by atoms with E-state index in [4.69, 9.17) is 0 Å². The zero-order valence-electron chi connectivity index (χ0n) is 10.1. The van der Waals surface area contributed by atoms with E-state index in [2.05, 4.69) is 20.6 Å². The molecule has 16 heavy (non-hydrogen) atoms. The maximum Gasteiger partial charge on any atom is 0.134 e. The van der Waals surface area contributed by atoms with E-state index < -0.39 is 10.8 Å². The van der Waals surface area contributed by atoms with Crippen molar-refractivity contribution in [3.05, 3.63) is 11.9 Å². The normalized spacial score (nSPS) is 14.2. The number of anilines is 2. The van der Waals surface area contributed by atoms with Gasteiger partial charge >= 0.3 is 0 Å². The van der Waals surface area contributed by atoms with Gasteiger partial charge < -0.3 is 10.6 Å². The zero-order chi connectivity index (χ0) is 12.1. The largest absolute Gasteiger partial charge is 0.373 e. The smallest absolute Gasteiger partial charge is 0.134 e. The van der Waals surface area contributed by atoms with Crippen molar-refractivity contribution in [2.45, 2.75) is 19.1 Å². The number of nitrogens with zero attached hydrogens (tertiary/aromatic N) is 2. The van der Waals surface area contributed by atoms with Gasteiger partial charge in [0.15, 0.2) is 0 Å². The van der Waals surface area contributed by atoms with Gasteiger partial charge in [0.2, 0.25) is 0 Å². The molecule has 6 heteroatoms. The van der Waals surface area contributed by atoms with Gasteiger partial charge in [-0.25, -0.2) is 9.97 Å². The van der Waals surface area contributed by atoms with Crippen LogP contribution in [0.5, 0.6) is 0 Å². The third-order valence-corrected chi connectivity index (χ3v) is 3.74. The Labute approximate surface area is 98.5 Å². The average Bonchev–Trinajstić information content (AvgIpc) is 2.27. The minimum absolute atomic E-state index is 0.104. The highest BCUT2D eigenvalue weighted by Gasteiger charge is 2.09. The molecule has 0 bridgehead atoms. The van der Waals surface area contributed by atoms with E-state index in [1.165, 1.54) is 6.33 Å². The average molecular weight is 242 g/mol. The first kappa shape index (κ1) is 12.9. The molecule has 2 N–H and O–H groups in total. The first-order chi connectivity index (χ1) is 7.56. The third-order valence-electron chi connectivity index (χ3n) is 2.44. The number of rotatable bonds is 5. The van der Waals surface area contributed by atoms with Crippen LogP contribution in [0.25, 0.3) is 0 Å². The lowest BCUT2D eigenvalue weighted by Crippen LogP contribution is -2.21. The van der Waals surface area contributed by atoms with Gasteiger partial charge in [-0.3, -0.25) is 4.21 Å². The summed E-state index contributed by atoms with van der Waals surface area (Å²) in [6.07, 6.45) is 3.22. The van der Waals surface area contributed by atoms with Crippen molar-refractivity contribution in [1.29, 1.82) is 0 Å². The van der Waals surface area contributed by atoms with Gasteiger partial charge in [-0.05, 0) is 13.8 Å². The van der Waals surface area contributed by atoms with Gasteiger partial charge in [0, 0.05) is 41.5 Å². The summed E-state index contributed by atoms with van der Waals surface area (Å²) in [7, 11) is 1.00. The number of nitrogens with one attached hydrogen (secondary N) is 2. The fraction of sp³-hybridized carbons (Fsp3) is 0.600. The van der Waals surface area contributed by atoms with Crippen molar-refractivity contribution in [3.63, 3.8) is 0 Å². The molecule has 1 aromatic rings. The SMILES string of the molecule is CNc1ncnc(NCC(C)S(C)=O)c1C. The Kier molecular flexibility index (Phi) is 4.67. The van der Waals surface area contributed by atoms with E-state index in [9.17, 15) is 4.21 Å². The first-order valence-corrected chi connectivity index (χ1v) is 6.73. The summed E-state index contributed by atoms with van der Waals surface area (Å²) in [5.74, 6) is 1.60. The molecule has 0 radical (unpaired) electrons. The Morgan fingerprint density at radius 3 is 2.62 bits per heavy atom. The Bertz CT molecular complexity index is 383. The van der Waals surface area contributed by atoms with Crippen LogP contribution in [0.2, 0.25) is 0 Å². The number of aromatic nitrogens is 2. The van der Waals surface area contributed by atoms with E-state index in [-0.39, 0.29) is 5.25 Å². The molecule has 0 aromatic carbocycles. The molecule has 2 atom stereocenters. The molecule has 90 valence electrons. The summed E-state index contributed by atoms with van der Waals surface area (Å²) in [4.78, 5) is 8.25. The molecular weight excluding hydrogens is 224 g/mol. The van der Waals surface area contributed by atoms with E-state index in [0.717, 1.165) is 17.2 Å². The van der Waals surface area contributed by atoms with Crippen molar-refractivity contribution < 1.29 is 4.21 Å². The van der Waals surface area contributed by atoms with E-state index >= 15 is 0 Å². The summed E-state index contributed by atoms with van der Waals surface area (Å²) in [5.41, 5.74) is 0.971. The minimum Gasteiger partial charge on any atom is -0.373 e. The second-order valence-electron chi connectivity index (χ2n) is 3.64. The molecular formula is C10H18N4OS. The minimum atomic E-state index is -0.819. The summed E-state index contributed by atoms with van der Waals surface area (Å²) in [5, 5.41) is 6.28. The highest BCUT2D eigenvalue weighted by atomic mass is 32.2. The van der Waals surface area contributed by atoms with Crippen LogP contribution in [0.15, 0.2) is 6.33 Å². The van der Waals surface area contributed by atoms with Crippen molar-refractivity contribution in [3.8, 4) is 0 Å². The summed E-state index contributed by atoms with van der Waals surface area (Å²) in [6.45, 7) is 4.53. The number of hydrogen-bond donors (Lipinski definition) is 2. The molecule has 0 spiro atoms. The summed E-state index contributed by atoms with van der Waals surface area (Å²) in [6, 6.07) is 0. The molecule has 0 aliphatic heterocycles. The van der Waals surface area contributed by atoms with Crippen molar-refractivity contribution in [2.24, 2.45) is 0 Å². The van der Waals surface area contributed by atoms with Crippen LogP contribution >= 0.6 is 0 Å². The Hall–Kier alpha value is -1.17. The lowest BCUT2D eigenvalue weighted by atomic mass is 10.3. The quantitative estimate of drug-likeness (QED) is 0.806. The fourth-order valence-electron chi connectivity index (χ4n) is 1.24. The molecule has 1 aromatic heterocycles. The molecule has 2 unspecified atom stereocenters. The lowest BCUT2D eigenvalue weighted by Gasteiger charge is -2.13. The monoisotopic (exact) mass is 242 g/mol. The third kappa shape index (κ3) is 3.16. The fourth-order valence-corrected chi connectivity index (χ4v) is 1.56. The Morgan fingerprint density at radius 2 is 2.06 bits per heavy atom. The van der Waals surface area contributed by atoms with Gasteiger partial charge in [0.25, 0.3) is 0 Å². The van der Waals surface area contributed by atoms with Gasteiger partial charge in [-0.2, -0.15) is 0 Å². The van der Waals surface area contributed by atoms with Crippen LogP contribution in [0.4, 0.5) is 11.6 Å². The molecule has 1 rings (SSSR count). The highest BCUT2D eigenvalue weighted by Crippen LogP contribution is 2.17. The summed E-state index contributed by atoms with van der Waals surface area (Å²) < 4.78 is 11.2. The van der Waals surface area contributed by atoms with Gasteiger partial charge in [-0.15, -0.1) is 0 Å². The molecule has 0 fully saturated rings. The van der Waals surface area contributed by atoms with Crippen molar-refractivity contribution in [1.82, 2.24) is 9.97 Å². The second-order valence-corrected chi connectivity index (χ2v) is 5.44. The van der Waals surface area contributed by atoms with Crippen LogP contribution in [0, 0.1) is 6.92 Å². The molecule has 0 aliphatic rings. The van der Waals surface area contributed by atoms with Crippen LogP contribution in [-0.4, -0.2) is 39.3 Å². The van der Waals surface area contributed by atoms with E-state index in [1.807, 2.05) is 20.9 Å². The molecule has 0 saturated heterocycles. The van der Waals surface area contributed by atoms with E-state index in [1.54, 1.807) is 6.26 Å². The summed E-state index contributed by atoms with van der Waals surface area (Å²) >= 11 is 0. The topological polar surface area (TPSA) is 66.9 Å². The van der Waals surface area contributed by atoms with Crippen LogP contribution in [0.3, 0.4) is 0 Å². The van der Waals surface area contributed by atoms with Crippen LogP contribution in [-0.2, 0) is 10.8 Å². The van der Waals surface area contributed by atoms with Gasteiger partial charge in [0.05, 0.1) is 0 Å². The molecule has 0 amide bonds. The predicted octanol–water partition coefficient (Wildman–Crippen LogP) is 1.01. The van der Waals surface area contributed by atoms with Gasteiger partial charge in [-0.1, -0.05) is 0 Å². The van der Waals surface area contributed by atoms with Crippen molar-refractivity contribution >= 4 is 22.4 Å². The number of hydrogen-bond acceptors (Lipinski definition) is 5. The Morgan fingerprint density at radius 1 is 1.44 bits per heavy atom. The predicted molar refractivity (Wildman–Crippen MR) is 68.3 cm³/mol.